The van der Waals surface area contributed by atoms with E-state index in [9.17, 15) is 0 Å². The van der Waals surface area contributed by atoms with Gasteiger partial charge in [-0.15, -0.1) is 0 Å². The third-order valence-corrected chi connectivity index (χ3v) is 8.66. The SMILES string of the molecule is CCN(CC)c1nc(N)c(C2=NC(N)c3c(OC)c(I)c(I)c(OC)c32)s1. The van der Waals surface area contributed by atoms with Gasteiger partial charge in [-0.3, -0.25) is 4.99 Å². The second-order valence-electron chi connectivity index (χ2n) is 5.79. The quantitative estimate of drug-likeness (QED) is 0.484. The molecular formula is C17H21I2N5O2S. The van der Waals surface area contributed by atoms with Crippen molar-refractivity contribution in [2.45, 2.75) is 20.0 Å². The molecule has 3 rings (SSSR count). The molecule has 0 fully saturated rings. The molecule has 0 radical (unpaired) electrons. The van der Waals surface area contributed by atoms with Crippen LogP contribution in [0.15, 0.2) is 4.99 Å². The smallest absolute Gasteiger partial charge is 0.187 e. The summed E-state index contributed by atoms with van der Waals surface area (Å²) in [6.45, 7) is 5.91. The summed E-state index contributed by atoms with van der Waals surface area (Å²) >= 11 is 6.03. The molecule has 27 heavy (non-hydrogen) atoms. The molecule has 0 saturated heterocycles. The van der Waals surface area contributed by atoms with E-state index in [0.29, 0.717) is 5.82 Å². The monoisotopic (exact) mass is 613 g/mol. The highest BCUT2D eigenvalue weighted by atomic mass is 127. The third kappa shape index (κ3) is 3.38. The molecular weight excluding hydrogens is 592 g/mol. The first-order valence-corrected chi connectivity index (χ1v) is 11.3. The number of rotatable bonds is 6. The number of aliphatic imine (C=N–C) groups is 1. The molecule has 4 N–H and O–H groups in total. The maximum atomic E-state index is 6.37. The van der Waals surface area contributed by atoms with Crippen molar-refractivity contribution in [1.29, 1.82) is 0 Å². The van der Waals surface area contributed by atoms with Crippen molar-refractivity contribution in [2.24, 2.45) is 10.7 Å². The van der Waals surface area contributed by atoms with Crippen molar-refractivity contribution in [3.05, 3.63) is 23.1 Å². The summed E-state index contributed by atoms with van der Waals surface area (Å²) in [4.78, 5) is 12.2. The zero-order valence-corrected chi connectivity index (χ0v) is 20.6. The number of thiazole rings is 1. The molecule has 2 heterocycles. The van der Waals surface area contributed by atoms with E-state index in [0.717, 1.165) is 58.6 Å². The van der Waals surface area contributed by atoms with Crippen LogP contribution in [0, 0.1) is 7.14 Å². The second kappa shape index (κ2) is 8.25. The van der Waals surface area contributed by atoms with Crippen LogP contribution in [0.25, 0.3) is 0 Å². The average Bonchev–Trinajstić information content (AvgIpc) is 3.18. The van der Waals surface area contributed by atoms with Crippen LogP contribution in [-0.2, 0) is 0 Å². The van der Waals surface area contributed by atoms with E-state index in [2.05, 4.69) is 68.9 Å². The zero-order valence-electron chi connectivity index (χ0n) is 15.5. The molecule has 1 aromatic carbocycles. The lowest BCUT2D eigenvalue weighted by molar-refractivity contribution is 0.391. The fourth-order valence-corrected chi connectivity index (χ4v) is 5.74. The van der Waals surface area contributed by atoms with Crippen LogP contribution in [0.4, 0.5) is 10.9 Å². The molecule has 146 valence electrons. The van der Waals surface area contributed by atoms with Gasteiger partial charge < -0.3 is 25.8 Å². The molecule has 7 nitrogen and oxygen atoms in total. The van der Waals surface area contributed by atoms with E-state index in [4.69, 9.17) is 25.9 Å². The minimum atomic E-state index is -0.539. The third-order valence-electron chi connectivity index (χ3n) is 4.43. The van der Waals surface area contributed by atoms with Crippen LogP contribution < -0.4 is 25.8 Å². The number of aromatic nitrogens is 1. The maximum Gasteiger partial charge on any atom is 0.187 e. The van der Waals surface area contributed by atoms with Crippen molar-refractivity contribution >= 4 is 73.2 Å². The Bertz CT molecular complexity index is 911. The highest BCUT2D eigenvalue weighted by Gasteiger charge is 2.36. The molecule has 2 aromatic rings. The van der Waals surface area contributed by atoms with Crippen LogP contribution in [0.5, 0.6) is 11.5 Å². The Labute approximate surface area is 189 Å². The average molecular weight is 613 g/mol. The van der Waals surface area contributed by atoms with Gasteiger partial charge in [0.05, 0.1) is 37.5 Å². The number of nitrogen functional groups attached to an aromatic ring is 1. The summed E-state index contributed by atoms with van der Waals surface area (Å²) in [7, 11) is 3.30. The first-order chi connectivity index (χ1) is 12.9. The lowest BCUT2D eigenvalue weighted by Crippen LogP contribution is -2.21. The van der Waals surface area contributed by atoms with Crippen LogP contribution >= 0.6 is 56.5 Å². The number of anilines is 2. The molecule has 1 aliphatic rings. The summed E-state index contributed by atoms with van der Waals surface area (Å²) in [6, 6.07) is 0. The largest absolute Gasteiger partial charge is 0.495 e. The fraction of sp³-hybridized carbons (Fsp3) is 0.412. The maximum absolute atomic E-state index is 6.37. The zero-order chi connectivity index (χ0) is 19.9. The summed E-state index contributed by atoms with van der Waals surface area (Å²) in [5.41, 5.74) is 15.0. The Balaban J connectivity index is 2.24. The van der Waals surface area contributed by atoms with Gasteiger partial charge in [-0.1, -0.05) is 11.3 Å². The van der Waals surface area contributed by atoms with Crippen molar-refractivity contribution in [2.75, 3.05) is 37.9 Å². The van der Waals surface area contributed by atoms with Gasteiger partial charge in [0, 0.05) is 18.7 Å². The van der Waals surface area contributed by atoms with Gasteiger partial charge in [-0.05, 0) is 59.0 Å². The molecule has 0 saturated carbocycles. The Hall–Kier alpha value is -0.860. The molecule has 1 aromatic heterocycles. The van der Waals surface area contributed by atoms with Crippen molar-refractivity contribution < 1.29 is 9.47 Å². The van der Waals surface area contributed by atoms with E-state index < -0.39 is 6.17 Å². The van der Waals surface area contributed by atoms with Gasteiger partial charge >= 0.3 is 0 Å². The number of hydrogen-bond donors (Lipinski definition) is 2. The molecule has 1 atom stereocenters. The minimum absolute atomic E-state index is 0.454. The molecule has 0 spiro atoms. The van der Waals surface area contributed by atoms with Crippen molar-refractivity contribution in [3.8, 4) is 11.5 Å². The second-order valence-corrected chi connectivity index (χ2v) is 8.92. The van der Waals surface area contributed by atoms with Gasteiger partial charge in [0.1, 0.15) is 23.5 Å². The van der Waals surface area contributed by atoms with Crippen LogP contribution in [0.3, 0.4) is 0 Å². The first kappa shape index (κ1) is 20.9. The molecule has 1 aliphatic heterocycles. The topological polar surface area (TPSA) is 99.0 Å². The molecule has 10 heteroatoms. The molecule has 0 aliphatic carbocycles. The molecule has 1 unspecified atom stereocenters. The number of hydrogen-bond acceptors (Lipinski definition) is 8. The van der Waals surface area contributed by atoms with E-state index in [-0.39, 0.29) is 0 Å². The normalized spacial score (nSPS) is 15.5. The van der Waals surface area contributed by atoms with Crippen molar-refractivity contribution in [3.63, 3.8) is 0 Å². The van der Waals surface area contributed by atoms with E-state index >= 15 is 0 Å². The highest BCUT2D eigenvalue weighted by Crippen LogP contribution is 2.48. The minimum Gasteiger partial charge on any atom is -0.495 e. The van der Waals surface area contributed by atoms with Gasteiger partial charge in [-0.25, -0.2) is 4.98 Å². The van der Waals surface area contributed by atoms with Gasteiger partial charge in [-0.2, -0.15) is 0 Å². The highest BCUT2D eigenvalue weighted by molar-refractivity contribution is 14.1. The van der Waals surface area contributed by atoms with Gasteiger partial charge in [0.15, 0.2) is 5.13 Å². The summed E-state index contributed by atoms with van der Waals surface area (Å²) < 4.78 is 13.3. The van der Waals surface area contributed by atoms with Gasteiger partial charge in [0.2, 0.25) is 0 Å². The number of benzene rings is 1. The number of methoxy groups -OCH3 is 2. The Morgan fingerprint density at radius 1 is 1.11 bits per heavy atom. The standard InChI is InChI=1S/C17H21I2N5O2S/c1-5-24(6-2)17-23-16(21)14(27-17)11-7-8(15(20)22-11)13(26-4)10(19)9(18)12(7)25-3/h15H,5-6,20-21H2,1-4H3. The number of fused-ring (bicyclic) bond motifs is 1. The Morgan fingerprint density at radius 2 is 1.70 bits per heavy atom. The van der Waals surface area contributed by atoms with Crippen LogP contribution in [-0.4, -0.2) is 38.0 Å². The molecule has 0 bridgehead atoms. The van der Waals surface area contributed by atoms with E-state index in [1.54, 1.807) is 14.2 Å². The predicted molar refractivity (Wildman–Crippen MR) is 128 cm³/mol. The van der Waals surface area contributed by atoms with Crippen molar-refractivity contribution in [1.82, 2.24) is 4.98 Å². The number of ether oxygens (including phenoxy) is 2. The van der Waals surface area contributed by atoms with E-state index in [1.165, 1.54) is 11.3 Å². The van der Waals surface area contributed by atoms with Gasteiger partial charge in [0.25, 0.3) is 0 Å². The number of halogens is 2. The number of nitrogens with two attached hydrogens (primary N) is 2. The predicted octanol–water partition coefficient (Wildman–Crippen LogP) is 3.61. The summed E-state index contributed by atoms with van der Waals surface area (Å²) in [5, 5.41) is 0.878. The number of nitrogens with zero attached hydrogens (tertiary/aromatic N) is 3. The fourth-order valence-electron chi connectivity index (χ4n) is 3.13. The van der Waals surface area contributed by atoms with Crippen LogP contribution in [0.2, 0.25) is 0 Å². The van der Waals surface area contributed by atoms with E-state index in [1.807, 2.05) is 0 Å². The Morgan fingerprint density at radius 3 is 2.26 bits per heavy atom. The van der Waals surface area contributed by atoms with Crippen LogP contribution in [0.1, 0.15) is 36.0 Å². The molecule has 0 amide bonds. The summed E-state index contributed by atoms with van der Waals surface area (Å²) in [5.74, 6) is 1.92. The summed E-state index contributed by atoms with van der Waals surface area (Å²) in [6.07, 6.45) is -0.539. The Kier molecular flexibility index (Phi) is 6.37. The lowest BCUT2D eigenvalue weighted by Gasteiger charge is -2.18. The lowest BCUT2D eigenvalue weighted by atomic mass is 10.0. The first-order valence-electron chi connectivity index (χ1n) is 8.37.